The first-order valence-electron chi connectivity index (χ1n) is 11.0. The van der Waals surface area contributed by atoms with Crippen LogP contribution >= 0.6 is 15.9 Å². The van der Waals surface area contributed by atoms with Gasteiger partial charge >= 0.3 is 6.09 Å². The highest BCUT2D eigenvalue weighted by molar-refractivity contribution is 9.10. The number of aromatic nitrogens is 2. The van der Waals surface area contributed by atoms with Gasteiger partial charge in [-0.2, -0.15) is 0 Å². The maximum Gasteiger partial charge on any atom is 0.410 e. The van der Waals surface area contributed by atoms with Crippen molar-refractivity contribution in [3.05, 3.63) is 59.6 Å². The van der Waals surface area contributed by atoms with Crippen LogP contribution in [0.3, 0.4) is 0 Å². The Morgan fingerprint density at radius 1 is 1.19 bits per heavy atom. The lowest BCUT2D eigenvalue weighted by molar-refractivity contribution is -0.111. The van der Waals surface area contributed by atoms with E-state index in [1.54, 1.807) is 52.1 Å². The summed E-state index contributed by atoms with van der Waals surface area (Å²) >= 11 is 3.23. The molecule has 0 spiro atoms. The van der Waals surface area contributed by atoms with Gasteiger partial charge in [-0.25, -0.2) is 19.2 Å². The van der Waals surface area contributed by atoms with E-state index >= 15 is 0 Å². The highest BCUT2D eigenvalue weighted by atomic mass is 79.9. The van der Waals surface area contributed by atoms with Crippen LogP contribution in [0.2, 0.25) is 0 Å². The van der Waals surface area contributed by atoms with Gasteiger partial charge in [0, 0.05) is 23.0 Å². The number of nitrogens with zero attached hydrogens (tertiary/aromatic N) is 3. The highest BCUT2D eigenvalue weighted by Crippen LogP contribution is 2.34. The number of amides is 2. The molecule has 1 heterocycles. The molecule has 9 nitrogen and oxygen atoms in total. The van der Waals surface area contributed by atoms with Crippen molar-refractivity contribution < 1.29 is 23.5 Å². The van der Waals surface area contributed by atoms with Crippen LogP contribution in [0, 0.1) is 5.82 Å². The third-order valence-corrected chi connectivity index (χ3v) is 5.25. The molecule has 1 aromatic heterocycles. The lowest BCUT2D eigenvalue weighted by Gasteiger charge is -2.24. The third-order valence-electron chi connectivity index (χ3n) is 4.75. The summed E-state index contributed by atoms with van der Waals surface area (Å²) in [5.74, 6) is -0.248. The van der Waals surface area contributed by atoms with Crippen molar-refractivity contribution in [2.75, 3.05) is 30.8 Å². The van der Waals surface area contributed by atoms with Crippen molar-refractivity contribution in [3.63, 3.8) is 0 Å². The van der Waals surface area contributed by atoms with E-state index in [9.17, 15) is 14.0 Å². The van der Waals surface area contributed by atoms with Gasteiger partial charge in [-0.15, -0.1) is 0 Å². The summed E-state index contributed by atoms with van der Waals surface area (Å²) in [4.78, 5) is 34.2. The summed E-state index contributed by atoms with van der Waals surface area (Å²) < 4.78 is 26.2. The lowest BCUT2D eigenvalue weighted by atomic mass is 10.1. The van der Waals surface area contributed by atoms with E-state index in [0.717, 1.165) is 6.08 Å². The van der Waals surface area contributed by atoms with Gasteiger partial charge in [0.1, 0.15) is 35.9 Å². The number of anilines is 3. The standard InChI is InChI=1S/C25H27BrFN5O4/c1-6-22(33)30-20-12-16-19(13-21(20)35-10-9-32(5)24(34)36-25(2,3)4)28-14-29-23(16)31-18-8-7-15(26)11-17(18)27/h6-8,11-14H,1,9-10H2,2-5H3,(H,30,33)(H,28,29,31). The van der Waals surface area contributed by atoms with E-state index in [2.05, 4.69) is 43.1 Å². The first-order valence-corrected chi connectivity index (χ1v) is 11.8. The van der Waals surface area contributed by atoms with Crippen LogP contribution in [0.25, 0.3) is 10.9 Å². The molecule has 0 aliphatic rings. The second-order valence-corrected chi connectivity index (χ2v) is 9.70. The van der Waals surface area contributed by atoms with Gasteiger partial charge in [-0.05, 0) is 51.1 Å². The summed E-state index contributed by atoms with van der Waals surface area (Å²) in [6.07, 6.45) is 1.99. The summed E-state index contributed by atoms with van der Waals surface area (Å²) in [5, 5.41) is 6.20. The van der Waals surface area contributed by atoms with Crippen molar-refractivity contribution >= 4 is 56.0 Å². The normalized spacial score (nSPS) is 11.1. The number of ether oxygens (including phenoxy) is 2. The number of carbonyl (C=O) groups is 2. The first-order chi connectivity index (χ1) is 17.0. The molecular weight excluding hydrogens is 533 g/mol. The van der Waals surface area contributed by atoms with Crippen LogP contribution in [0.5, 0.6) is 5.75 Å². The Kier molecular flexibility index (Phi) is 8.46. The van der Waals surface area contributed by atoms with Gasteiger partial charge in [-0.1, -0.05) is 22.5 Å². The summed E-state index contributed by atoms with van der Waals surface area (Å²) in [5.41, 5.74) is 0.441. The van der Waals surface area contributed by atoms with Crippen molar-refractivity contribution in [3.8, 4) is 5.75 Å². The monoisotopic (exact) mass is 559 g/mol. The van der Waals surface area contributed by atoms with Gasteiger partial charge in [0.25, 0.3) is 0 Å². The molecule has 2 N–H and O–H groups in total. The smallest absolute Gasteiger partial charge is 0.410 e. The van der Waals surface area contributed by atoms with Gasteiger partial charge < -0.3 is 25.0 Å². The predicted molar refractivity (Wildman–Crippen MR) is 140 cm³/mol. The van der Waals surface area contributed by atoms with Gasteiger partial charge in [0.05, 0.1) is 23.4 Å². The number of fused-ring (bicyclic) bond motifs is 1. The molecule has 190 valence electrons. The topological polar surface area (TPSA) is 106 Å². The Morgan fingerprint density at radius 2 is 1.94 bits per heavy atom. The van der Waals surface area contributed by atoms with Gasteiger partial charge in [0.2, 0.25) is 5.91 Å². The average molecular weight is 560 g/mol. The van der Waals surface area contributed by atoms with E-state index < -0.39 is 23.4 Å². The second kappa shape index (κ2) is 11.3. The minimum absolute atomic E-state index is 0.124. The molecule has 0 fully saturated rings. The first kappa shape index (κ1) is 26.9. The molecule has 36 heavy (non-hydrogen) atoms. The minimum atomic E-state index is -0.614. The molecule has 0 atom stereocenters. The Balaban J connectivity index is 1.87. The SMILES string of the molecule is C=CC(=O)Nc1cc2c(Nc3ccc(Br)cc3F)ncnc2cc1OCCN(C)C(=O)OC(C)(C)C. The Hall–Kier alpha value is -3.73. The zero-order valence-electron chi connectivity index (χ0n) is 20.4. The molecule has 0 unspecified atom stereocenters. The zero-order valence-corrected chi connectivity index (χ0v) is 22.0. The largest absolute Gasteiger partial charge is 0.489 e. The van der Waals surface area contributed by atoms with Crippen molar-refractivity contribution in [1.29, 1.82) is 0 Å². The maximum atomic E-state index is 14.4. The lowest BCUT2D eigenvalue weighted by Crippen LogP contribution is -2.36. The summed E-state index contributed by atoms with van der Waals surface area (Å²) in [6.45, 7) is 9.20. The molecule has 2 aromatic carbocycles. The van der Waals surface area contributed by atoms with Crippen molar-refractivity contribution in [2.45, 2.75) is 26.4 Å². The Labute approximate surface area is 216 Å². The number of halogens is 2. The minimum Gasteiger partial charge on any atom is -0.489 e. The molecule has 11 heteroatoms. The third kappa shape index (κ3) is 7.14. The number of hydrogen-bond acceptors (Lipinski definition) is 7. The fourth-order valence-electron chi connectivity index (χ4n) is 3.03. The molecule has 0 radical (unpaired) electrons. The molecule has 0 bridgehead atoms. The van der Waals surface area contributed by atoms with Gasteiger partial charge in [0.15, 0.2) is 0 Å². The predicted octanol–water partition coefficient (Wildman–Crippen LogP) is 5.65. The quantitative estimate of drug-likeness (QED) is 0.344. The van der Waals surface area contributed by atoms with Crippen molar-refractivity contribution in [1.82, 2.24) is 14.9 Å². The Morgan fingerprint density at radius 3 is 2.61 bits per heavy atom. The number of benzene rings is 2. The summed E-state index contributed by atoms with van der Waals surface area (Å²) in [6, 6.07) is 7.87. The van der Waals surface area contributed by atoms with Crippen LogP contribution in [0.15, 0.2) is 53.8 Å². The highest BCUT2D eigenvalue weighted by Gasteiger charge is 2.20. The second-order valence-electron chi connectivity index (χ2n) is 8.78. The number of rotatable bonds is 8. The Bertz CT molecular complexity index is 1300. The van der Waals surface area contributed by atoms with Crippen LogP contribution in [-0.4, -0.2) is 52.7 Å². The van der Waals surface area contributed by atoms with E-state index in [4.69, 9.17) is 9.47 Å². The number of hydrogen-bond donors (Lipinski definition) is 2. The van der Waals surface area contributed by atoms with Gasteiger partial charge in [-0.3, -0.25) is 4.79 Å². The molecule has 0 aliphatic heterocycles. The van der Waals surface area contributed by atoms with E-state index in [1.165, 1.54) is 17.3 Å². The van der Waals surface area contributed by atoms with E-state index in [-0.39, 0.29) is 18.8 Å². The molecular formula is C25H27BrFN5O4. The number of nitrogens with one attached hydrogen (secondary N) is 2. The van der Waals surface area contributed by atoms with E-state index in [1.807, 2.05) is 0 Å². The average Bonchev–Trinajstić information content (AvgIpc) is 2.80. The summed E-state index contributed by atoms with van der Waals surface area (Å²) in [7, 11) is 1.60. The number of carbonyl (C=O) groups excluding carboxylic acids is 2. The fourth-order valence-corrected chi connectivity index (χ4v) is 3.36. The van der Waals surface area contributed by atoms with E-state index in [0.29, 0.717) is 32.6 Å². The molecule has 2 amide bonds. The van der Waals surface area contributed by atoms with Crippen molar-refractivity contribution in [2.24, 2.45) is 0 Å². The van der Waals surface area contributed by atoms with Crippen LogP contribution < -0.4 is 15.4 Å². The maximum absolute atomic E-state index is 14.4. The molecule has 0 saturated heterocycles. The van der Waals surface area contributed by atoms with Crippen LogP contribution in [0.1, 0.15) is 20.8 Å². The molecule has 3 rings (SSSR count). The molecule has 3 aromatic rings. The van der Waals surface area contributed by atoms with Crippen LogP contribution in [0.4, 0.5) is 26.4 Å². The number of likely N-dealkylation sites (N-methyl/N-ethyl adjacent to an activating group) is 1. The van der Waals surface area contributed by atoms with Crippen LogP contribution in [-0.2, 0) is 9.53 Å². The fraction of sp³-hybridized carbons (Fsp3) is 0.280. The molecule has 0 aliphatic carbocycles. The zero-order chi connectivity index (χ0) is 26.5. The molecule has 0 saturated carbocycles.